The van der Waals surface area contributed by atoms with Crippen LogP contribution in [0, 0.1) is 11.8 Å². The van der Waals surface area contributed by atoms with Crippen molar-refractivity contribution < 1.29 is 14.7 Å². The van der Waals surface area contributed by atoms with Gasteiger partial charge in [-0.1, -0.05) is 0 Å². The Morgan fingerprint density at radius 2 is 1.88 bits per heavy atom. The number of likely N-dealkylation sites (tertiary alicyclic amines) is 2. The molecule has 96 valence electrons. The van der Waals surface area contributed by atoms with Crippen LogP contribution in [0.1, 0.15) is 19.3 Å². The van der Waals surface area contributed by atoms with Gasteiger partial charge < -0.3 is 14.9 Å². The highest BCUT2D eigenvalue weighted by Gasteiger charge is 2.44. The van der Waals surface area contributed by atoms with Crippen LogP contribution in [0.5, 0.6) is 0 Å². The van der Waals surface area contributed by atoms with Crippen molar-refractivity contribution in [2.24, 2.45) is 11.8 Å². The molecule has 2 unspecified atom stereocenters. The molecule has 1 N–H and O–H groups in total. The average Bonchev–Trinajstić information content (AvgIpc) is 2.58. The molecule has 0 radical (unpaired) electrons. The lowest BCUT2D eigenvalue weighted by Gasteiger charge is -2.31. The molecule has 0 aromatic heterocycles. The summed E-state index contributed by atoms with van der Waals surface area (Å²) in [4.78, 5) is 26.8. The zero-order valence-electron chi connectivity index (χ0n) is 10.4. The van der Waals surface area contributed by atoms with Gasteiger partial charge >= 0.3 is 5.97 Å². The number of carboxylic acids is 1. The van der Waals surface area contributed by atoms with Gasteiger partial charge in [-0.15, -0.1) is 0 Å². The second kappa shape index (κ2) is 4.64. The minimum Gasteiger partial charge on any atom is -0.480 e. The third-order valence-electron chi connectivity index (χ3n) is 4.23. The number of carbonyl (C=O) groups excluding carboxylic acids is 1. The molecule has 2 aliphatic heterocycles. The van der Waals surface area contributed by atoms with Crippen molar-refractivity contribution in [3.05, 3.63) is 0 Å². The zero-order valence-corrected chi connectivity index (χ0v) is 10.4. The van der Waals surface area contributed by atoms with Gasteiger partial charge in [-0.05, 0) is 45.3 Å². The van der Waals surface area contributed by atoms with Gasteiger partial charge in [-0.25, -0.2) is 4.79 Å². The molecule has 2 saturated heterocycles. The van der Waals surface area contributed by atoms with E-state index in [-0.39, 0.29) is 11.8 Å². The second-order valence-electron chi connectivity index (χ2n) is 5.29. The molecule has 0 aromatic rings. The molecule has 0 aromatic carbocycles. The van der Waals surface area contributed by atoms with Crippen LogP contribution in [0.15, 0.2) is 0 Å². The molecule has 17 heavy (non-hydrogen) atoms. The van der Waals surface area contributed by atoms with Crippen molar-refractivity contribution in [2.75, 3.05) is 27.2 Å². The van der Waals surface area contributed by atoms with Crippen LogP contribution in [0.4, 0.5) is 0 Å². The molecule has 5 nitrogen and oxygen atoms in total. The first-order chi connectivity index (χ1) is 8.00. The van der Waals surface area contributed by atoms with Gasteiger partial charge in [-0.2, -0.15) is 0 Å². The summed E-state index contributed by atoms with van der Waals surface area (Å²) in [6.07, 6.45) is 2.50. The first-order valence-electron chi connectivity index (χ1n) is 6.18. The summed E-state index contributed by atoms with van der Waals surface area (Å²) in [6.45, 7) is 2.02. The number of aliphatic carboxylic acids is 1. The number of hydrogen-bond donors (Lipinski definition) is 1. The second-order valence-corrected chi connectivity index (χ2v) is 5.29. The summed E-state index contributed by atoms with van der Waals surface area (Å²) in [5.41, 5.74) is 0. The fourth-order valence-electron chi connectivity index (χ4n) is 3.01. The van der Waals surface area contributed by atoms with E-state index in [0.29, 0.717) is 12.3 Å². The van der Waals surface area contributed by atoms with Gasteiger partial charge in [-0.3, -0.25) is 4.79 Å². The fourth-order valence-corrected chi connectivity index (χ4v) is 3.01. The normalized spacial score (nSPS) is 32.1. The molecule has 0 saturated carbocycles. The van der Waals surface area contributed by atoms with Crippen molar-refractivity contribution in [1.29, 1.82) is 0 Å². The number of nitrogens with zero attached hydrogens (tertiary/aromatic N) is 2. The van der Waals surface area contributed by atoms with Crippen molar-refractivity contribution >= 4 is 11.9 Å². The minimum absolute atomic E-state index is 0.0203. The standard InChI is InChI=1S/C12H20N2O3/c1-13-5-3-8(4-6-13)9-7-10(12(16)17)14(2)11(9)15/h8-10H,3-7H2,1-2H3,(H,16,17). The number of piperidine rings is 1. The van der Waals surface area contributed by atoms with E-state index in [4.69, 9.17) is 5.11 Å². The van der Waals surface area contributed by atoms with Gasteiger partial charge in [0.25, 0.3) is 0 Å². The van der Waals surface area contributed by atoms with E-state index < -0.39 is 12.0 Å². The minimum atomic E-state index is -0.878. The molecule has 2 aliphatic rings. The molecule has 0 bridgehead atoms. The van der Waals surface area contributed by atoms with E-state index in [1.165, 1.54) is 4.90 Å². The molecule has 5 heteroatoms. The van der Waals surface area contributed by atoms with Gasteiger partial charge in [0.2, 0.25) is 5.91 Å². The largest absolute Gasteiger partial charge is 0.480 e. The van der Waals surface area contributed by atoms with E-state index in [2.05, 4.69) is 11.9 Å². The predicted octanol–water partition coefficient (Wildman–Crippen LogP) is 0.260. The van der Waals surface area contributed by atoms with Crippen molar-refractivity contribution in [3.63, 3.8) is 0 Å². The Kier molecular flexibility index (Phi) is 3.38. The average molecular weight is 240 g/mol. The first-order valence-corrected chi connectivity index (χ1v) is 6.18. The quantitative estimate of drug-likeness (QED) is 0.752. The summed E-state index contributed by atoms with van der Waals surface area (Å²) in [6, 6.07) is -0.618. The highest BCUT2D eigenvalue weighted by molar-refractivity contribution is 5.89. The number of hydrogen-bond acceptors (Lipinski definition) is 3. The monoisotopic (exact) mass is 240 g/mol. The molecule has 0 spiro atoms. The smallest absolute Gasteiger partial charge is 0.326 e. The Hall–Kier alpha value is -1.10. The van der Waals surface area contributed by atoms with Crippen LogP contribution in [0.2, 0.25) is 0 Å². The Labute approximate surface area is 101 Å². The van der Waals surface area contributed by atoms with E-state index in [9.17, 15) is 9.59 Å². The maximum atomic E-state index is 12.0. The summed E-state index contributed by atoms with van der Waals surface area (Å²) < 4.78 is 0. The molecule has 2 heterocycles. The lowest BCUT2D eigenvalue weighted by atomic mass is 9.82. The number of amides is 1. The van der Waals surface area contributed by atoms with Crippen LogP contribution < -0.4 is 0 Å². The third kappa shape index (κ3) is 2.29. The Balaban J connectivity index is 2.03. The van der Waals surface area contributed by atoms with Gasteiger partial charge in [0.1, 0.15) is 6.04 Å². The molecule has 2 rings (SSSR count). The summed E-state index contributed by atoms with van der Waals surface area (Å²) in [5.74, 6) is -0.566. The summed E-state index contributed by atoms with van der Waals surface area (Å²) >= 11 is 0. The van der Waals surface area contributed by atoms with Crippen LogP contribution in [0.3, 0.4) is 0 Å². The summed E-state index contributed by atoms with van der Waals surface area (Å²) in [5, 5.41) is 9.06. The lowest BCUT2D eigenvalue weighted by Crippen LogP contribution is -2.37. The van der Waals surface area contributed by atoms with E-state index in [0.717, 1.165) is 25.9 Å². The van der Waals surface area contributed by atoms with Gasteiger partial charge in [0.15, 0.2) is 0 Å². The number of likely N-dealkylation sites (N-methyl/N-ethyl adjacent to an activating group) is 1. The highest BCUT2D eigenvalue weighted by atomic mass is 16.4. The Morgan fingerprint density at radius 3 is 2.35 bits per heavy atom. The third-order valence-corrected chi connectivity index (χ3v) is 4.23. The van der Waals surface area contributed by atoms with Gasteiger partial charge in [0.05, 0.1) is 0 Å². The molecular weight excluding hydrogens is 220 g/mol. The maximum Gasteiger partial charge on any atom is 0.326 e. The van der Waals surface area contributed by atoms with E-state index in [1.807, 2.05) is 0 Å². The highest BCUT2D eigenvalue weighted by Crippen LogP contribution is 2.34. The lowest BCUT2D eigenvalue weighted by molar-refractivity contribution is -0.145. The summed E-state index contributed by atoms with van der Waals surface area (Å²) in [7, 11) is 3.69. The molecule has 2 atom stereocenters. The topological polar surface area (TPSA) is 60.9 Å². The first kappa shape index (κ1) is 12.4. The van der Waals surface area contributed by atoms with Crippen LogP contribution >= 0.6 is 0 Å². The predicted molar refractivity (Wildman–Crippen MR) is 62.5 cm³/mol. The fraction of sp³-hybridized carbons (Fsp3) is 0.833. The van der Waals surface area contributed by atoms with E-state index in [1.54, 1.807) is 7.05 Å². The molecule has 0 aliphatic carbocycles. The van der Waals surface area contributed by atoms with Crippen molar-refractivity contribution in [3.8, 4) is 0 Å². The Bertz CT molecular complexity index is 324. The number of carbonyl (C=O) groups is 2. The maximum absolute atomic E-state index is 12.0. The molecule has 2 fully saturated rings. The number of carboxylic acid groups (broad SMARTS) is 1. The van der Waals surface area contributed by atoms with Crippen molar-refractivity contribution in [2.45, 2.75) is 25.3 Å². The molecule has 1 amide bonds. The van der Waals surface area contributed by atoms with Crippen LogP contribution in [0.25, 0.3) is 0 Å². The molecular formula is C12H20N2O3. The van der Waals surface area contributed by atoms with Crippen LogP contribution in [-0.2, 0) is 9.59 Å². The van der Waals surface area contributed by atoms with Crippen LogP contribution in [-0.4, -0.2) is 60.0 Å². The Morgan fingerprint density at radius 1 is 1.29 bits per heavy atom. The SMILES string of the molecule is CN1CCC(C2CC(C(=O)O)N(C)C2=O)CC1. The van der Waals surface area contributed by atoms with Crippen molar-refractivity contribution in [1.82, 2.24) is 9.80 Å². The zero-order chi connectivity index (χ0) is 12.6. The van der Waals surface area contributed by atoms with E-state index >= 15 is 0 Å². The van der Waals surface area contributed by atoms with Gasteiger partial charge in [0, 0.05) is 13.0 Å². The number of rotatable bonds is 2.